The number of amides is 2. The van der Waals surface area contributed by atoms with Crippen molar-refractivity contribution >= 4 is 18.0 Å². The van der Waals surface area contributed by atoms with E-state index in [2.05, 4.69) is 15.4 Å². The van der Waals surface area contributed by atoms with E-state index in [9.17, 15) is 14.4 Å². The van der Waals surface area contributed by atoms with Gasteiger partial charge >= 0.3 is 18.0 Å². The molecule has 0 spiro atoms. The van der Waals surface area contributed by atoms with Gasteiger partial charge in [0.15, 0.2) is 0 Å². The molecule has 7 nitrogen and oxygen atoms in total. The van der Waals surface area contributed by atoms with Gasteiger partial charge < -0.3 is 20.5 Å². The fourth-order valence-corrected chi connectivity index (χ4v) is 2.50. The molecule has 0 aliphatic heterocycles. The predicted octanol–water partition coefficient (Wildman–Crippen LogP) is 1.13. The molecule has 1 unspecified atom stereocenters. The zero-order chi connectivity index (χ0) is 16.0. The van der Waals surface area contributed by atoms with E-state index in [4.69, 9.17) is 5.11 Å². The summed E-state index contributed by atoms with van der Waals surface area (Å²) in [5, 5.41) is 14.2. The van der Waals surface area contributed by atoms with Gasteiger partial charge in [-0.1, -0.05) is 20.3 Å². The Hall–Kier alpha value is -1.79. The molecule has 1 saturated carbocycles. The van der Waals surface area contributed by atoms with E-state index >= 15 is 0 Å². The van der Waals surface area contributed by atoms with Crippen LogP contribution < -0.4 is 10.6 Å². The highest BCUT2D eigenvalue weighted by atomic mass is 16.5. The monoisotopic (exact) mass is 300 g/mol. The lowest BCUT2D eigenvalue weighted by molar-refractivity contribution is -0.144. The lowest BCUT2D eigenvalue weighted by Crippen LogP contribution is -2.52. The van der Waals surface area contributed by atoms with Crippen molar-refractivity contribution in [1.82, 2.24) is 10.6 Å². The van der Waals surface area contributed by atoms with Gasteiger partial charge in [-0.15, -0.1) is 0 Å². The normalized spacial score (nSPS) is 17.5. The highest BCUT2D eigenvalue weighted by Gasteiger charge is 2.39. The van der Waals surface area contributed by atoms with Crippen LogP contribution in [0.5, 0.6) is 0 Å². The smallest absolute Gasteiger partial charge is 0.328 e. The number of carbonyl (C=O) groups is 3. The molecule has 0 radical (unpaired) electrons. The largest absolute Gasteiger partial charge is 0.481 e. The van der Waals surface area contributed by atoms with Crippen LogP contribution in [0.15, 0.2) is 0 Å². The Bertz CT molecular complexity index is 404. The molecule has 7 heteroatoms. The highest BCUT2D eigenvalue weighted by molar-refractivity contribution is 5.83. The number of urea groups is 1. The van der Waals surface area contributed by atoms with Gasteiger partial charge in [-0.2, -0.15) is 0 Å². The highest BCUT2D eigenvalue weighted by Crippen LogP contribution is 2.43. The van der Waals surface area contributed by atoms with E-state index < -0.39 is 24.0 Å². The zero-order valence-electron chi connectivity index (χ0n) is 12.8. The summed E-state index contributed by atoms with van der Waals surface area (Å²) in [5.41, 5.74) is -0.345. The molecule has 1 aliphatic carbocycles. The molecule has 0 heterocycles. The average Bonchev–Trinajstić information content (AvgIpc) is 2.37. The lowest BCUT2D eigenvalue weighted by Gasteiger charge is -2.40. The summed E-state index contributed by atoms with van der Waals surface area (Å²) < 4.78 is 4.65. The summed E-state index contributed by atoms with van der Waals surface area (Å²) in [6.07, 6.45) is 2.62. The minimum Gasteiger partial charge on any atom is -0.481 e. The summed E-state index contributed by atoms with van der Waals surface area (Å²) >= 11 is 0. The molecule has 2 amide bonds. The van der Waals surface area contributed by atoms with Crippen LogP contribution in [-0.4, -0.2) is 42.8 Å². The van der Waals surface area contributed by atoms with Gasteiger partial charge in [0.05, 0.1) is 13.5 Å². The molecule has 120 valence electrons. The van der Waals surface area contributed by atoms with Crippen LogP contribution in [0.25, 0.3) is 0 Å². The first kappa shape index (κ1) is 17.3. The summed E-state index contributed by atoms with van der Waals surface area (Å²) in [6, 6.07) is -1.19. The number of nitrogens with one attached hydrogen (secondary N) is 2. The van der Waals surface area contributed by atoms with Gasteiger partial charge in [-0.25, -0.2) is 9.59 Å². The number of carbonyl (C=O) groups excluding carboxylic acids is 2. The minimum atomic E-state index is -0.855. The number of carboxylic acids is 1. The number of carboxylic acid groups (broad SMARTS) is 1. The van der Waals surface area contributed by atoms with Crippen molar-refractivity contribution in [1.29, 1.82) is 0 Å². The summed E-state index contributed by atoms with van der Waals surface area (Å²) in [6.45, 7) is 3.91. The van der Waals surface area contributed by atoms with Crippen molar-refractivity contribution in [3.05, 3.63) is 0 Å². The zero-order valence-corrected chi connectivity index (χ0v) is 12.8. The van der Waals surface area contributed by atoms with Crippen LogP contribution in [0.2, 0.25) is 0 Å². The first-order valence-corrected chi connectivity index (χ1v) is 7.14. The van der Waals surface area contributed by atoms with Gasteiger partial charge in [0.25, 0.3) is 0 Å². The molecule has 0 aromatic carbocycles. The third-order valence-corrected chi connectivity index (χ3v) is 3.97. The number of methoxy groups -OCH3 is 1. The van der Waals surface area contributed by atoms with Crippen molar-refractivity contribution in [2.24, 2.45) is 11.3 Å². The lowest BCUT2D eigenvalue weighted by atomic mass is 9.66. The van der Waals surface area contributed by atoms with E-state index in [1.54, 1.807) is 13.8 Å². The summed E-state index contributed by atoms with van der Waals surface area (Å²) in [7, 11) is 1.27. The Morgan fingerprint density at radius 3 is 2.29 bits per heavy atom. The predicted molar refractivity (Wildman–Crippen MR) is 75.7 cm³/mol. The third-order valence-electron chi connectivity index (χ3n) is 3.97. The van der Waals surface area contributed by atoms with Crippen molar-refractivity contribution in [2.45, 2.75) is 45.6 Å². The summed E-state index contributed by atoms with van der Waals surface area (Å²) in [5.74, 6) is -1.45. The number of hydrogen-bond acceptors (Lipinski definition) is 4. The molecule has 21 heavy (non-hydrogen) atoms. The molecule has 0 aromatic rings. The number of ether oxygens (including phenoxy) is 1. The molecule has 0 aromatic heterocycles. The van der Waals surface area contributed by atoms with E-state index in [0.717, 1.165) is 19.3 Å². The van der Waals surface area contributed by atoms with Crippen LogP contribution in [-0.2, 0) is 14.3 Å². The van der Waals surface area contributed by atoms with Crippen LogP contribution in [0.1, 0.15) is 39.5 Å². The summed E-state index contributed by atoms with van der Waals surface area (Å²) in [4.78, 5) is 34.3. The second-order valence-corrected chi connectivity index (χ2v) is 6.00. The first-order chi connectivity index (χ1) is 9.79. The Kier molecular flexibility index (Phi) is 5.99. The van der Waals surface area contributed by atoms with Crippen molar-refractivity contribution in [3.8, 4) is 0 Å². The van der Waals surface area contributed by atoms with Gasteiger partial charge in [-0.3, -0.25) is 4.79 Å². The molecule has 1 aliphatic rings. The maximum atomic E-state index is 11.9. The molecule has 3 N–H and O–H groups in total. The fraction of sp³-hybridized carbons (Fsp3) is 0.786. The fourth-order valence-electron chi connectivity index (χ4n) is 2.50. The van der Waals surface area contributed by atoms with Crippen LogP contribution in [0.4, 0.5) is 4.79 Å². The topological polar surface area (TPSA) is 105 Å². The Morgan fingerprint density at radius 2 is 1.90 bits per heavy atom. The van der Waals surface area contributed by atoms with Gasteiger partial charge in [0.1, 0.15) is 6.04 Å². The van der Waals surface area contributed by atoms with E-state index in [-0.39, 0.29) is 17.8 Å². The minimum absolute atomic E-state index is 0.0535. The molecular formula is C14H24N2O5. The molecule has 1 atom stereocenters. The molecule has 0 saturated heterocycles. The van der Waals surface area contributed by atoms with Crippen LogP contribution in [0, 0.1) is 11.3 Å². The molecule has 1 fully saturated rings. The van der Waals surface area contributed by atoms with Crippen molar-refractivity contribution in [3.63, 3.8) is 0 Å². The van der Waals surface area contributed by atoms with Gasteiger partial charge in [0, 0.05) is 6.54 Å². The average molecular weight is 300 g/mol. The number of aliphatic carboxylic acids is 1. The SMILES string of the molecule is COC(=O)C(NC(=O)NCC1(CC(=O)O)CCC1)C(C)C. The van der Waals surface area contributed by atoms with E-state index in [1.165, 1.54) is 7.11 Å². The third kappa shape index (κ3) is 4.91. The molecular weight excluding hydrogens is 276 g/mol. The number of hydrogen-bond donors (Lipinski definition) is 3. The standard InChI is InChI=1S/C14H24N2O5/c1-9(2)11(12(19)21-3)16-13(20)15-8-14(5-4-6-14)7-10(17)18/h9,11H,4-8H2,1-3H3,(H,17,18)(H2,15,16,20). The van der Waals surface area contributed by atoms with Crippen molar-refractivity contribution in [2.75, 3.05) is 13.7 Å². The Labute approximate surface area is 124 Å². The molecule has 1 rings (SSSR count). The Balaban J connectivity index is 2.49. The van der Waals surface area contributed by atoms with Crippen molar-refractivity contribution < 1.29 is 24.2 Å². The maximum Gasteiger partial charge on any atom is 0.328 e. The maximum absolute atomic E-state index is 11.9. The number of esters is 1. The van der Waals surface area contributed by atoms with Gasteiger partial charge in [0.2, 0.25) is 0 Å². The quantitative estimate of drug-likeness (QED) is 0.611. The second-order valence-electron chi connectivity index (χ2n) is 6.00. The van der Waals surface area contributed by atoms with E-state index in [0.29, 0.717) is 6.54 Å². The Morgan fingerprint density at radius 1 is 1.29 bits per heavy atom. The molecule has 0 bridgehead atoms. The van der Waals surface area contributed by atoms with Crippen LogP contribution in [0.3, 0.4) is 0 Å². The second kappa shape index (κ2) is 7.28. The first-order valence-electron chi connectivity index (χ1n) is 7.14. The number of rotatable bonds is 7. The van der Waals surface area contributed by atoms with Crippen LogP contribution >= 0.6 is 0 Å². The van der Waals surface area contributed by atoms with E-state index in [1.807, 2.05) is 0 Å². The van der Waals surface area contributed by atoms with Gasteiger partial charge in [-0.05, 0) is 24.2 Å².